The van der Waals surface area contributed by atoms with E-state index in [0.29, 0.717) is 0 Å². The summed E-state index contributed by atoms with van der Waals surface area (Å²) in [6.07, 6.45) is 0. The SMILES string of the molecule is C[Si](C)(Cc1ccccc1)[N]([Nd][N]([Si](C)(C)Cc1ccccc1)[Si](C)(C)Cc1ccccc1)[Si](C)(C)Cc1ccccc1.Cl. The first kappa shape index (κ1) is 37.8. The van der Waals surface area contributed by atoms with Crippen LogP contribution < -0.4 is 0 Å². The summed E-state index contributed by atoms with van der Waals surface area (Å²) in [4.78, 5) is 0. The van der Waals surface area contributed by atoms with Crippen LogP contribution in [0.2, 0.25) is 52.4 Å². The Morgan fingerprint density at radius 3 is 0.727 bits per heavy atom. The van der Waals surface area contributed by atoms with Crippen LogP contribution in [0.3, 0.4) is 0 Å². The zero-order valence-electron chi connectivity index (χ0n) is 28.2. The molecule has 0 unspecified atom stereocenters. The Kier molecular flexibility index (Phi) is 14.1. The largest absolute Gasteiger partial charge is 0.147 e. The first-order valence-corrected chi connectivity index (χ1v) is 31.3. The summed E-state index contributed by atoms with van der Waals surface area (Å²) in [5, 5.41) is 0. The van der Waals surface area contributed by atoms with Gasteiger partial charge in [0.05, 0.1) is 0 Å². The van der Waals surface area contributed by atoms with Gasteiger partial charge in [0.1, 0.15) is 0 Å². The molecule has 4 rings (SSSR count). The number of benzene rings is 4. The van der Waals surface area contributed by atoms with E-state index in [9.17, 15) is 0 Å². The molecule has 8 heteroatoms. The molecule has 0 N–H and O–H groups in total. The van der Waals surface area contributed by atoms with Crippen LogP contribution in [0, 0.1) is 37.5 Å². The minimum atomic E-state index is -1.78. The van der Waals surface area contributed by atoms with Crippen LogP contribution in [0.25, 0.3) is 0 Å². The summed E-state index contributed by atoms with van der Waals surface area (Å²) in [5.41, 5.74) is 6.08. The fourth-order valence-electron chi connectivity index (χ4n) is 6.98. The third kappa shape index (κ3) is 10.7. The molecule has 0 bridgehead atoms. The molecule has 0 aliphatic carbocycles. The average molecular weight is 806 g/mol. The predicted molar refractivity (Wildman–Crippen MR) is 201 cm³/mol. The van der Waals surface area contributed by atoms with Gasteiger partial charge in [0.25, 0.3) is 0 Å². The van der Waals surface area contributed by atoms with Gasteiger partial charge in [-0.15, -0.1) is 12.4 Å². The minimum absolute atomic E-state index is 0. The molecule has 0 atom stereocenters. The number of nitrogens with zero attached hydrogens (tertiary/aromatic N) is 2. The van der Waals surface area contributed by atoms with E-state index in [1.165, 1.54) is 46.4 Å². The van der Waals surface area contributed by atoms with Crippen molar-refractivity contribution in [3.05, 3.63) is 144 Å². The van der Waals surface area contributed by atoms with Crippen LogP contribution in [0.4, 0.5) is 0 Å². The molecular formula is C36H53ClN2NdSi4. The van der Waals surface area contributed by atoms with Crippen LogP contribution in [-0.2, 0) is 24.2 Å². The van der Waals surface area contributed by atoms with Crippen LogP contribution in [-0.4, -0.2) is 33.6 Å². The fraction of sp³-hybridized carbons (Fsp3) is 0.333. The van der Waals surface area contributed by atoms with Crippen molar-refractivity contribution < 1.29 is 37.5 Å². The van der Waals surface area contributed by atoms with E-state index in [0.717, 1.165) is 0 Å². The summed E-state index contributed by atoms with van der Waals surface area (Å²) in [6.45, 7) is 21.6. The van der Waals surface area contributed by atoms with Crippen molar-refractivity contribution in [2.24, 2.45) is 0 Å². The smallest absolute Gasteiger partial charge is 0.147 e. The summed E-state index contributed by atoms with van der Waals surface area (Å²) >= 11 is -1.46. The van der Waals surface area contributed by atoms with E-state index in [-0.39, 0.29) is 12.4 Å². The van der Waals surface area contributed by atoms with Crippen LogP contribution in [0.1, 0.15) is 22.3 Å². The van der Waals surface area contributed by atoms with Gasteiger partial charge >= 0.3 is 291 Å². The number of hydrogen-bond donors (Lipinski definition) is 0. The molecule has 2 nitrogen and oxygen atoms in total. The van der Waals surface area contributed by atoms with Gasteiger partial charge in [0.15, 0.2) is 0 Å². The second-order valence-electron chi connectivity index (χ2n) is 14.7. The van der Waals surface area contributed by atoms with Gasteiger partial charge in [-0.2, -0.15) is 0 Å². The summed E-state index contributed by atoms with van der Waals surface area (Å²) < 4.78 is 6.69. The zero-order valence-corrected chi connectivity index (χ0v) is 36.2. The maximum atomic E-state index is 3.35. The van der Waals surface area contributed by atoms with Crippen molar-refractivity contribution in [2.45, 2.75) is 76.6 Å². The fourth-order valence-corrected chi connectivity index (χ4v) is 47.7. The van der Waals surface area contributed by atoms with E-state index in [4.69, 9.17) is 0 Å². The van der Waals surface area contributed by atoms with Gasteiger partial charge in [0, 0.05) is 0 Å². The molecule has 0 saturated heterocycles. The normalized spacial score (nSPS) is 12.7. The third-order valence-electron chi connectivity index (χ3n) is 8.54. The standard InChI is InChI=1S/2C18H26NSi2.ClH.Nd/c2*1-20(2,15-17-11-7-5-8-12-17)19-21(3,4)16-18-13-9-6-10-14-18;;/h2*5-14H,15-16H2,1-4H3;1H;/q2*-1;;+2. The topological polar surface area (TPSA) is 6.48 Å². The average Bonchev–Trinajstić information content (AvgIpc) is 2.94. The maximum absolute atomic E-state index is 3.35. The van der Waals surface area contributed by atoms with Gasteiger partial charge in [-0.05, 0) is 0 Å². The molecule has 44 heavy (non-hydrogen) atoms. The number of hydrogen-bond acceptors (Lipinski definition) is 2. The van der Waals surface area contributed by atoms with Crippen molar-refractivity contribution in [3.63, 3.8) is 0 Å². The Morgan fingerprint density at radius 1 is 0.364 bits per heavy atom. The van der Waals surface area contributed by atoms with Gasteiger partial charge < -0.3 is 0 Å². The van der Waals surface area contributed by atoms with Gasteiger partial charge in [0.2, 0.25) is 0 Å². The Morgan fingerprint density at radius 2 is 0.545 bits per heavy atom. The molecule has 0 fully saturated rings. The Balaban J connectivity index is 0.00000529. The van der Waals surface area contributed by atoms with Crippen molar-refractivity contribution in [3.8, 4) is 0 Å². The predicted octanol–water partition coefficient (Wildman–Crippen LogP) is 9.88. The van der Waals surface area contributed by atoms with Crippen LogP contribution >= 0.6 is 12.4 Å². The van der Waals surface area contributed by atoms with Crippen molar-refractivity contribution in [1.82, 2.24) is 0.627 Å². The molecule has 0 radical (unpaired) electrons. The molecule has 0 aliphatic heterocycles. The Hall–Kier alpha value is -0.692. The van der Waals surface area contributed by atoms with Crippen molar-refractivity contribution in [1.29, 1.82) is 0 Å². The second kappa shape index (κ2) is 16.4. The molecule has 0 aromatic heterocycles. The van der Waals surface area contributed by atoms with E-state index in [1.807, 2.05) is 0 Å². The van der Waals surface area contributed by atoms with E-state index >= 15 is 0 Å². The minimum Gasteiger partial charge on any atom is -0.147 e. The summed E-state index contributed by atoms with van der Waals surface area (Å²) in [6, 6.07) is 50.4. The Bertz CT molecular complexity index is 1190. The summed E-state index contributed by atoms with van der Waals surface area (Å²) in [7, 11) is -7.13. The van der Waals surface area contributed by atoms with Gasteiger partial charge in [-0.25, -0.2) is 0 Å². The monoisotopic (exact) mass is 802 g/mol. The first-order chi connectivity index (χ1) is 20.3. The van der Waals surface area contributed by atoms with Gasteiger partial charge in [-0.1, -0.05) is 0 Å². The molecule has 0 aliphatic rings. The molecule has 4 aromatic rings. The van der Waals surface area contributed by atoms with E-state index in [2.05, 4.69) is 174 Å². The molecule has 0 amide bonds. The molecule has 234 valence electrons. The second-order valence-corrected chi connectivity index (χ2v) is 42.5. The molecule has 0 saturated carbocycles. The van der Waals surface area contributed by atoms with Crippen LogP contribution in [0.15, 0.2) is 121 Å². The molecular weight excluding hydrogens is 752 g/mol. The summed E-state index contributed by atoms with van der Waals surface area (Å²) in [5.74, 6) is 0. The number of halogens is 1. The van der Waals surface area contributed by atoms with Crippen molar-refractivity contribution >= 4 is 45.3 Å². The quantitative estimate of drug-likeness (QED) is 0.117. The van der Waals surface area contributed by atoms with E-state index < -0.39 is 70.4 Å². The first-order valence-electron chi connectivity index (χ1n) is 15.8. The Labute approximate surface area is 300 Å². The van der Waals surface area contributed by atoms with E-state index in [1.54, 1.807) is 0 Å². The third-order valence-corrected chi connectivity index (χ3v) is 53.3. The molecule has 0 heterocycles. The molecule has 0 spiro atoms. The zero-order chi connectivity index (χ0) is 31.1. The number of rotatable bonds is 14. The maximum Gasteiger partial charge on any atom is -0.147 e. The molecule has 4 aromatic carbocycles. The van der Waals surface area contributed by atoms with Crippen molar-refractivity contribution in [2.75, 3.05) is 0 Å². The van der Waals surface area contributed by atoms with Gasteiger partial charge in [-0.3, -0.25) is 0 Å². The van der Waals surface area contributed by atoms with Crippen LogP contribution in [0.5, 0.6) is 0 Å².